The van der Waals surface area contributed by atoms with Crippen molar-refractivity contribution in [2.45, 2.75) is 12.3 Å². The van der Waals surface area contributed by atoms with Gasteiger partial charge in [-0.3, -0.25) is 25.4 Å². The molecule has 0 saturated carbocycles. The van der Waals surface area contributed by atoms with Crippen LogP contribution in [0.2, 0.25) is 0 Å². The van der Waals surface area contributed by atoms with Gasteiger partial charge in [0, 0.05) is 0 Å². The molecule has 0 fully saturated rings. The maximum atomic E-state index is 7.75. The Morgan fingerprint density at radius 1 is 0.390 bits per heavy atom. The first-order valence-electron chi connectivity index (χ1n) is 12.5. The largest absolute Gasteiger partial charge is 3.00 e. The standard InChI is InChI=1S/C31H27NP2.3CHO.Mn/c1-5-16-28(17-6-1)33(29-18-7-2-8-19-29)24-26-14-13-15-27(32-26)25-34(30-20-9-3-10-21-30)31-22-11-4-12-23-31;3*1-2;/h1-23H,24-25H2;3*1H;/q;3*-1;+3/p+2. The zero-order valence-electron chi connectivity index (χ0n) is 22.5. The third-order valence-electron chi connectivity index (χ3n) is 6.07. The molecule has 0 aliphatic rings. The molecule has 0 saturated heterocycles. The van der Waals surface area contributed by atoms with Crippen LogP contribution in [0.1, 0.15) is 11.4 Å². The first-order chi connectivity index (χ1) is 19.9. The Bertz CT molecular complexity index is 1180. The van der Waals surface area contributed by atoms with Crippen molar-refractivity contribution in [1.29, 1.82) is 0 Å². The number of benzene rings is 4. The van der Waals surface area contributed by atoms with E-state index >= 15 is 0 Å². The van der Waals surface area contributed by atoms with E-state index in [1.807, 2.05) is 0 Å². The molecule has 0 radical (unpaired) electrons. The van der Waals surface area contributed by atoms with Crippen molar-refractivity contribution < 1.29 is 31.5 Å². The monoisotopic (exact) mass is 619 g/mol. The molecule has 206 valence electrons. The summed E-state index contributed by atoms with van der Waals surface area (Å²) in [6.07, 6.45) is 1.98. The average molecular weight is 620 g/mol. The predicted octanol–water partition coefficient (Wildman–Crippen LogP) is 4.99. The van der Waals surface area contributed by atoms with Crippen LogP contribution >= 0.6 is 15.8 Å². The number of carbonyl (C=O) groups excluding carboxylic acids is 3. The van der Waals surface area contributed by atoms with Crippen LogP contribution in [-0.2, 0) is 43.8 Å². The SMILES string of the molecule is [CH-]=O.[CH-]=O.[CH-]=O.[Mn+3].c1ccc([PH+](Cc2cccc(C[PH+](c3ccccc3)c3ccccc3)n2)c2ccccc2)cc1. The van der Waals surface area contributed by atoms with Crippen molar-refractivity contribution in [3.8, 4) is 0 Å². The van der Waals surface area contributed by atoms with E-state index in [1.165, 1.54) is 32.6 Å². The zero-order valence-corrected chi connectivity index (χ0v) is 25.7. The van der Waals surface area contributed by atoms with E-state index in [1.54, 1.807) is 0 Å². The van der Waals surface area contributed by atoms with Crippen LogP contribution in [-0.4, -0.2) is 25.4 Å². The van der Waals surface area contributed by atoms with E-state index in [2.05, 4.69) is 160 Å². The maximum absolute atomic E-state index is 7.75. The molecule has 4 nitrogen and oxygen atoms in total. The van der Waals surface area contributed by atoms with Crippen molar-refractivity contribution >= 4 is 57.4 Å². The minimum absolute atomic E-state index is 0. The van der Waals surface area contributed by atoms with Crippen LogP contribution in [0, 0.1) is 0 Å². The van der Waals surface area contributed by atoms with Crippen LogP contribution in [0.3, 0.4) is 0 Å². The van der Waals surface area contributed by atoms with Crippen LogP contribution in [0.15, 0.2) is 140 Å². The van der Waals surface area contributed by atoms with E-state index in [-0.39, 0.29) is 17.1 Å². The van der Waals surface area contributed by atoms with E-state index in [0.717, 1.165) is 12.3 Å². The van der Waals surface area contributed by atoms with Crippen molar-refractivity contribution in [3.63, 3.8) is 0 Å². The number of hydrogen-bond donors (Lipinski definition) is 0. The predicted molar refractivity (Wildman–Crippen MR) is 173 cm³/mol. The molecule has 0 aliphatic heterocycles. The molecular formula is C34H32MnNO3P2+2. The van der Waals surface area contributed by atoms with Crippen LogP contribution in [0.25, 0.3) is 0 Å². The molecule has 0 bridgehead atoms. The first-order valence-corrected chi connectivity index (χ1v) is 15.9. The van der Waals surface area contributed by atoms with Gasteiger partial charge in [0.2, 0.25) is 0 Å². The number of nitrogens with zero attached hydrogens (tertiary/aromatic N) is 1. The van der Waals surface area contributed by atoms with Gasteiger partial charge < -0.3 is 14.4 Å². The quantitative estimate of drug-likeness (QED) is 0.106. The van der Waals surface area contributed by atoms with Gasteiger partial charge in [0.05, 0.1) is 48.4 Å². The van der Waals surface area contributed by atoms with Gasteiger partial charge in [-0.1, -0.05) is 78.9 Å². The second-order valence-corrected chi connectivity index (χ2v) is 13.3. The molecular weight excluding hydrogens is 587 g/mol. The third-order valence-corrected chi connectivity index (χ3v) is 11.6. The minimum Gasteiger partial charge on any atom is -0.545 e. The van der Waals surface area contributed by atoms with Gasteiger partial charge in [0.25, 0.3) is 0 Å². The molecule has 0 aliphatic carbocycles. The van der Waals surface area contributed by atoms with Crippen molar-refractivity contribution in [2.75, 3.05) is 0 Å². The number of hydrogen-bond acceptors (Lipinski definition) is 4. The average Bonchev–Trinajstić information content (AvgIpc) is 3.07. The van der Waals surface area contributed by atoms with Crippen LogP contribution in [0.4, 0.5) is 0 Å². The number of pyridine rings is 1. The Hall–Kier alpha value is -3.58. The van der Waals surface area contributed by atoms with Gasteiger partial charge in [-0.15, -0.1) is 0 Å². The number of aromatic nitrogens is 1. The van der Waals surface area contributed by atoms with E-state index < -0.39 is 15.8 Å². The summed E-state index contributed by atoms with van der Waals surface area (Å²) in [6, 6.07) is 50.4. The van der Waals surface area contributed by atoms with Gasteiger partial charge in [-0.25, -0.2) is 0 Å². The molecule has 1 heterocycles. The van der Waals surface area contributed by atoms with Gasteiger partial charge in [0.1, 0.15) is 12.3 Å². The Morgan fingerprint density at radius 3 is 0.878 bits per heavy atom. The van der Waals surface area contributed by atoms with E-state index in [0.29, 0.717) is 0 Å². The molecule has 1 aromatic heterocycles. The molecule has 0 spiro atoms. The van der Waals surface area contributed by atoms with Gasteiger partial charge >= 0.3 is 17.1 Å². The van der Waals surface area contributed by atoms with Gasteiger partial charge in [-0.05, 0) is 60.7 Å². The van der Waals surface area contributed by atoms with Gasteiger partial charge in [-0.2, -0.15) is 0 Å². The van der Waals surface area contributed by atoms with Crippen molar-refractivity contribution in [3.05, 3.63) is 151 Å². The molecule has 41 heavy (non-hydrogen) atoms. The first kappa shape index (κ1) is 35.4. The fourth-order valence-electron chi connectivity index (χ4n) is 4.39. The van der Waals surface area contributed by atoms with Gasteiger partial charge in [0.15, 0.2) is 0 Å². The molecule has 4 aromatic carbocycles. The molecule has 5 aromatic rings. The number of rotatable bonds is 8. The summed E-state index contributed by atoms with van der Waals surface area (Å²) in [6.45, 7) is 9.75. The Balaban J connectivity index is 0.00000113. The summed E-state index contributed by atoms with van der Waals surface area (Å²) in [5.41, 5.74) is 2.39. The summed E-state index contributed by atoms with van der Waals surface area (Å²) in [5.74, 6) is 0. The summed E-state index contributed by atoms with van der Waals surface area (Å²) >= 11 is 0. The molecule has 5 rings (SSSR count). The second-order valence-electron chi connectivity index (χ2n) is 8.40. The molecule has 0 amide bonds. The normalized spacial score (nSPS) is 9.51. The van der Waals surface area contributed by atoms with Crippen molar-refractivity contribution in [1.82, 2.24) is 4.98 Å². The Morgan fingerprint density at radius 2 is 0.634 bits per heavy atom. The smallest absolute Gasteiger partial charge is 0.545 e. The van der Waals surface area contributed by atoms with E-state index in [9.17, 15) is 0 Å². The molecule has 0 N–H and O–H groups in total. The molecule has 7 heteroatoms. The minimum atomic E-state index is -0.954. The second kappa shape index (κ2) is 21.2. The summed E-state index contributed by atoms with van der Waals surface area (Å²) in [5, 5.41) is 5.74. The zero-order chi connectivity index (χ0) is 29.0. The summed E-state index contributed by atoms with van der Waals surface area (Å²) < 4.78 is 0. The Kier molecular flexibility index (Phi) is 18.3. The Labute approximate surface area is 256 Å². The third kappa shape index (κ3) is 11.1. The van der Waals surface area contributed by atoms with Crippen LogP contribution in [0.5, 0.6) is 0 Å². The van der Waals surface area contributed by atoms with Crippen LogP contribution < -0.4 is 21.2 Å². The van der Waals surface area contributed by atoms with E-state index in [4.69, 9.17) is 19.4 Å². The molecule has 0 atom stereocenters. The summed E-state index contributed by atoms with van der Waals surface area (Å²) in [7, 11) is -1.91. The van der Waals surface area contributed by atoms with Crippen molar-refractivity contribution in [2.24, 2.45) is 0 Å². The fraction of sp³-hybridized carbons (Fsp3) is 0.0588. The maximum Gasteiger partial charge on any atom is 3.00 e. The summed E-state index contributed by atoms with van der Waals surface area (Å²) in [4.78, 5) is 28.5. The fourth-order valence-corrected chi connectivity index (χ4v) is 9.37. The topological polar surface area (TPSA) is 64.1 Å². The molecule has 0 unspecified atom stereocenters.